The third kappa shape index (κ3) is 15.5. The number of rotatable bonds is 15. The molecule has 14 heteroatoms. The normalized spacial score (nSPS) is 25.9. The van der Waals surface area contributed by atoms with Crippen LogP contribution in [0.25, 0.3) is 0 Å². The van der Waals surface area contributed by atoms with Gasteiger partial charge in [-0.3, -0.25) is 28.8 Å². The molecule has 1 heterocycles. The molecule has 0 aliphatic carbocycles. The van der Waals surface area contributed by atoms with E-state index < -0.39 is 96.4 Å². The lowest BCUT2D eigenvalue weighted by molar-refractivity contribution is -0.158. The van der Waals surface area contributed by atoms with Crippen molar-refractivity contribution in [1.82, 2.24) is 26.2 Å². The van der Waals surface area contributed by atoms with Crippen LogP contribution in [0.1, 0.15) is 126 Å². The van der Waals surface area contributed by atoms with Gasteiger partial charge in [0.15, 0.2) is 0 Å². The van der Waals surface area contributed by atoms with Gasteiger partial charge in [0, 0.05) is 7.05 Å². The van der Waals surface area contributed by atoms with Crippen molar-refractivity contribution >= 4 is 35.5 Å². The molecule has 6 N–H and O–H groups in total. The molecule has 1 aliphatic rings. The summed E-state index contributed by atoms with van der Waals surface area (Å²) in [4.78, 5) is 82.5. The monoisotopic (exact) mass is 725 g/mol. The van der Waals surface area contributed by atoms with Crippen molar-refractivity contribution in [2.75, 3.05) is 20.2 Å². The van der Waals surface area contributed by atoms with Crippen LogP contribution in [0.5, 0.6) is 0 Å². The highest BCUT2D eigenvalue weighted by atomic mass is 16.5. The molecule has 14 nitrogen and oxygen atoms in total. The van der Waals surface area contributed by atoms with E-state index in [1.807, 2.05) is 20.8 Å². The lowest BCUT2D eigenvalue weighted by atomic mass is 9.94. The Balaban J connectivity index is 3.55. The number of hydrogen-bond acceptors (Lipinski definition) is 9. The summed E-state index contributed by atoms with van der Waals surface area (Å²) < 4.78 is 5.81. The second kappa shape index (κ2) is 22.6. The maximum Gasteiger partial charge on any atom is 0.325 e. The van der Waals surface area contributed by atoms with Crippen LogP contribution in [0.3, 0.4) is 0 Å². The van der Waals surface area contributed by atoms with E-state index in [2.05, 4.69) is 28.2 Å². The lowest BCUT2D eigenvalue weighted by Gasteiger charge is -2.34. The minimum atomic E-state index is -1.82. The van der Waals surface area contributed by atoms with Crippen LogP contribution in [0.4, 0.5) is 0 Å². The summed E-state index contributed by atoms with van der Waals surface area (Å²) in [6.45, 7) is 12.3. The molecule has 0 aromatic rings. The van der Waals surface area contributed by atoms with E-state index in [4.69, 9.17) is 4.74 Å². The molecule has 1 aliphatic heterocycles. The number of carbonyl (C=O) groups is 6. The average Bonchev–Trinajstić information content (AvgIpc) is 3.07. The second-order valence-electron chi connectivity index (χ2n) is 15.1. The third-order valence-electron chi connectivity index (χ3n) is 9.66. The van der Waals surface area contributed by atoms with Crippen molar-refractivity contribution in [2.45, 2.75) is 162 Å². The van der Waals surface area contributed by atoms with Crippen molar-refractivity contribution in [1.29, 1.82) is 0 Å². The SMILES string of the molecule is CCCCCCCCCC[C@H]1OC(=O)CNC(=O)[C@H](C(C)(C)O)NC(=O)[C@H](CO)NC(=O)[C@H]([C@@H](C)CC)NC(=O)[C@H](CC(C)C)N(C)C(=O)[C@@H]1C. The fourth-order valence-corrected chi connectivity index (χ4v) is 6.10. The van der Waals surface area contributed by atoms with Crippen molar-refractivity contribution < 1.29 is 43.7 Å². The Labute approximate surface area is 305 Å². The summed E-state index contributed by atoms with van der Waals surface area (Å²) in [5.74, 6) is -5.68. The van der Waals surface area contributed by atoms with E-state index in [-0.39, 0.29) is 12.3 Å². The number of aliphatic hydroxyl groups is 2. The van der Waals surface area contributed by atoms with Gasteiger partial charge < -0.3 is 41.1 Å². The van der Waals surface area contributed by atoms with Crippen LogP contribution >= 0.6 is 0 Å². The predicted molar refractivity (Wildman–Crippen MR) is 194 cm³/mol. The first-order chi connectivity index (χ1) is 23.9. The molecular weight excluding hydrogens is 658 g/mol. The number of carbonyl (C=O) groups excluding carboxylic acids is 6. The van der Waals surface area contributed by atoms with Crippen LogP contribution in [-0.4, -0.2) is 107 Å². The smallest absolute Gasteiger partial charge is 0.325 e. The van der Waals surface area contributed by atoms with Crippen LogP contribution in [0, 0.1) is 17.8 Å². The summed E-state index contributed by atoms with van der Waals surface area (Å²) in [7, 11) is 1.52. The summed E-state index contributed by atoms with van der Waals surface area (Å²) in [5, 5.41) is 30.8. The minimum absolute atomic E-state index is 0.00969. The third-order valence-corrected chi connectivity index (χ3v) is 9.66. The standard InChI is InChI=1S/C37H67N5O9/c1-10-12-13-14-15-16-17-18-19-28-25(6)36(49)42(9)27(20-23(3)4)33(46)40-30(24(5)11-2)34(47)39-26(22-43)32(45)41-31(37(7,8)50)35(48)38-21-29(44)51-28/h23-28,30-31,43,50H,10-22H2,1-9H3,(H,38,48)(H,39,47)(H,40,46)(H,41,45)/t24-,25+,26-,27-,28+,30-,31+/m0/s1. The Kier molecular flexibility index (Phi) is 20.3. The van der Waals surface area contributed by atoms with Gasteiger partial charge in [0.05, 0.1) is 18.1 Å². The van der Waals surface area contributed by atoms with E-state index in [1.165, 1.54) is 45.1 Å². The summed E-state index contributed by atoms with van der Waals surface area (Å²) in [6.07, 6.45) is 8.66. The Hall–Kier alpha value is -3.26. The average molecular weight is 726 g/mol. The topological polar surface area (TPSA) is 203 Å². The van der Waals surface area contributed by atoms with Gasteiger partial charge in [-0.25, -0.2) is 0 Å². The highest BCUT2D eigenvalue weighted by Crippen LogP contribution is 2.22. The molecule has 7 atom stereocenters. The van der Waals surface area contributed by atoms with Gasteiger partial charge in [-0.2, -0.15) is 0 Å². The van der Waals surface area contributed by atoms with Crippen molar-refractivity contribution in [2.24, 2.45) is 17.8 Å². The van der Waals surface area contributed by atoms with E-state index in [9.17, 15) is 39.0 Å². The number of nitrogens with zero attached hydrogens (tertiary/aromatic N) is 1. The van der Waals surface area contributed by atoms with Crippen LogP contribution in [0.2, 0.25) is 0 Å². The zero-order valence-electron chi connectivity index (χ0n) is 32.5. The zero-order valence-corrected chi connectivity index (χ0v) is 32.5. The molecule has 0 bridgehead atoms. The second-order valence-corrected chi connectivity index (χ2v) is 15.1. The number of ether oxygens (including phenoxy) is 1. The maximum atomic E-state index is 14.0. The molecule has 5 amide bonds. The molecule has 1 fully saturated rings. The van der Waals surface area contributed by atoms with Crippen LogP contribution in [0.15, 0.2) is 0 Å². The quantitative estimate of drug-likeness (QED) is 0.108. The van der Waals surface area contributed by atoms with Crippen LogP contribution in [-0.2, 0) is 33.5 Å². The maximum absolute atomic E-state index is 14.0. The molecule has 1 saturated heterocycles. The molecule has 0 spiro atoms. The first-order valence-electron chi connectivity index (χ1n) is 18.9. The van der Waals surface area contributed by atoms with Crippen molar-refractivity contribution in [3.8, 4) is 0 Å². The minimum Gasteiger partial charge on any atom is -0.460 e. The summed E-state index contributed by atoms with van der Waals surface area (Å²) >= 11 is 0. The van der Waals surface area contributed by atoms with Crippen molar-refractivity contribution in [3.63, 3.8) is 0 Å². The Bertz CT molecular complexity index is 1140. The highest BCUT2D eigenvalue weighted by molar-refractivity contribution is 5.96. The summed E-state index contributed by atoms with van der Waals surface area (Å²) in [6, 6.07) is -5.23. The lowest BCUT2D eigenvalue weighted by Crippen LogP contribution is -2.63. The number of cyclic esters (lactones) is 1. The van der Waals surface area contributed by atoms with Gasteiger partial charge in [0.1, 0.15) is 36.8 Å². The van der Waals surface area contributed by atoms with Gasteiger partial charge in [0.2, 0.25) is 29.5 Å². The highest BCUT2D eigenvalue weighted by Gasteiger charge is 2.40. The molecule has 294 valence electrons. The number of unbranched alkanes of at least 4 members (excludes halogenated alkanes) is 7. The van der Waals surface area contributed by atoms with E-state index in [1.54, 1.807) is 13.8 Å². The van der Waals surface area contributed by atoms with Crippen molar-refractivity contribution in [3.05, 3.63) is 0 Å². The van der Waals surface area contributed by atoms with Gasteiger partial charge >= 0.3 is 5.97 Å². The number of hydrogen-bond donors (Lipinski definition) is 6. The van der Waals surface area contributed by atoms with E-state index >= 15 is 0 Å². The molecule has 0 radical (unpaired) electrons. The fraction of sp³-hybridized carbons (Fsp3) is 0.838. The molecule has 0 aromatic heterocycles. The number of likely N-dealkylation sites (N-methyl/N-ethyl adjacent to an activating group) is 1. The predicted octanol–water partition coefficient (Wildman–Crippen LogP) is 2.33. The van der Waals surface area contributed by atoms with Gasteiger partial charge in [-0.1, -0.05) is 92.9 Å². The fourth-order valence-electron chi connectivity index (χ4n) is 6.10. The summed E-state index contributed by atoms with van der Waals surface area (Å²) in [5.41, 5.74) is -1.82. The van der Waals surface area contributed by atoms with E-state index in [0.29, 0.717) is 19.3 Å². The Morgan fingerprint density at radius 3 is 1.96 bits per heavy atom. The molecule has 0 saturated carbocycles. The first-order valence-corrected chi connectivity index (χ1v) is 18.9. The largest absolute Gasteiger partial charge is 0.460 e. The van der Waals surface area contributed by atoms with Gasteiger partial charge in [-0.15, -0.1) is 0 Å². The first kappa shape index (κ1) is 45.8. The molecule has 1 rings (SSSR count). The molecule has 0 aromatic carbocycles. The number of aliphatic hydroxyl groups excluding tert-OH is 1. The number of amides is 5. The number of esters is 1. The van der Waals surface area contributed by atoms with Crippen LogP contribution < -0.4 is 21.3 Å². The molecule has 0 unspecified atom stereocenters. The Morgan fingerprint density at radius 2 is 1.43 bits per heavy atom. The Morgan fingerprint density at radius 1 is 0.843 bits per heavy atom. The van der Waals surface area contributed by atoms with E-state index in [0.717, 1.165) is 25.7 Å². The van der Waals surface area contributed by atoms with Gasteiger partial charge in [-0.05, 0) is 44.9 Å². The molecule has 51 heavy (non-hydrogen) atoms. The van der Waals surface area contributed by atoms with Gasteiger partial charge in [0.25, 0.3) is 0 Å². The number of nitrogens with one attached hydrogen (secondary N) is 4. The zero-order chi connectivity index (χ0) is 38.9. The molecular formula is C37H67N5O9.